The molecule has 2 nitrogen and oxygen atoms in total. The maximum absolute atomic E-state index is 11.4. The predicted molar refractivity (Wildman–Crippen MR) is 49.8 cm³/mol. The molecule has 2 N–H and O–H groups in total. The number of nitrogens with two attached hydrogens (primary N) is 1. The van der Waals surface area contributed by atoms with Gasteiger partial charge < -0.3 is 5.73 Å². The molecule has 1 aliphatic carbocycles. The molecule has 12 heavy (non-hydrogen) atoms. The van der Waals surface area contributed by atoms with E-state index in [4.69, 9.17) is 5.73 Å². The summed E-state index contributed by atoms with van der Waals surface area (Å²) in [6.07, 6.45) is 6.31. The Hall–Kier alpha value is -0.370. The van der Waals surface area contributed by atoms with Crippen LogP contribution in [0.5, 0.6) is 0 Å². The van der Waals surface area contributed by atoms with Crippen LogP contribution in [0.15, 0.2) is 0 Å². The minimum absolute atomic E-state index is 0.175. The molecule has 0 aromatic rings. The summed E-state index contributed by atoms with van der Waals surface area (Å²) in [4.78, 5) is 11.4. The zero-order chi connectivity index (χ0) is 8.97. The molecule has 1 unspecified atom stereocenters. The lowest BCUT2D eigenvalue weighted by Crippen LogP contribution is -2.30. The van der Waals surface area contributed by atoms with Gasteiger partial charge >= 0.3 is 0 Å². The third-order valence-electron chi connectivity index (χ3n) is 2.47. The number of hydrogen-bond acceptors (Lipinski definition) is 2. The maximum Gasteiger partial charge on any atom is 0.149 e. The van der Waals surface area contributed by atoms with Gasteiger partial charge in [-0.1, -0.05) is 19.8 Å². The second-order valence-corrected chi connectivity index (χ2v) is 3.86. The van der Waals surface area contributed by atoms with E-state index in [9.17, 15) is 4.79 Å². The Labute approximate surface area is 74.5 Å². The Morgan fingerprint density at radius 1 is 1.58 bits per heavy atom. The van der Waals surface area contributed by atoms with Crippen molar-refractivity contribution in [2.75, 3.05) is 0 Å². The van der Waals surface area contributed by atoms with E-state index in [2.05, 4.69) is 6.92 Å². The van der Waals surface area contributed by atoms with Gasteiger partial charge in [0.05, 0.1) is 6.04 Å². The monoisotopic (exact) mass is 169 g/mol. The predicted octanol–water partition coefficient (Wildman–Crippen LogP) is 1.87. The molecule has 0 radical (unpaired) electrons. The lowest BCUT2D eigenvalue weighted by atomic mass is 10.0. The van der Waals surface area contributed by atoms with Gasteiger partial charge in [0.2, 0.25) is 0 Å². The molecule has 1 rings (SSSR count). The highest BCUT2D eigenvalue weighted by molar-refractivity contribution is 5.84. The van der Waals surface area contributed by atoms with Crippen LogP contribution in [0.1, 0.15) is 45.4 Å². The third kappa shape index (κ3) is 3.35. The summed E-state index contributed by atoms with van der Waals surface area (Å²) in [6, 6.07) is -0.175. The number of hydrogen-bond donors (Lipinski definition) is 1. The van der Waals surface area contributed by atoms with E-state index in [1.165, 1.54) is 12.8 Å². The normalized spacial score (nSPS) is 19.2. The van der Waals surface area contributed by atoms with Crippen molar-refractivity contribution in [1.82, 2.24) is 0 Å². The van der Waals surface area contributed by atoms with Gasteiger partial charge in [0.1, 0.15) is 5.78 Å². The number of ketones is 1. The van der Waals surface area contributed by atoms with Crippen molar-refractivity contribution in [3.05, 3.63) is 0 Å². The molecule has 0 bridgehead atoms. The van der Waals surface area contributed by atoms with Crippen molar-refractivity contribution >= 4 is 5.78 Å². The third-order valence-corrected chi connectivity index (χ3v) is 2.47. The molecule has 70 valence electrons. The van der Waals surface area contributed by atoms with Crippen molar-refractivity contribution in [2.45, 2.75) is 51.5 Å². The first kappa shape index (κ1) is 9.72. The second kappa shape index (κ2) is 4.61. The largest absolute Gasteiger partial charge is 0.322 e. The Kier molecular flexibility index (Phi) is 3.73. The lowest BCUT2D eigenvalue weighted by molar-refractivity contribution is -0.120. The minimum atomic E-state index is -0.175. The van der Waals surface area contributed by atoms with E-state index in [1.54, 1.807) is 0 Å². The van der Waals surface area contributed by atoms with Crippen LogP contribution in [0.3, 0.4) is 0 Å². The SMILES string of the molecule is CCCCC(N)C(=O)CC1CC1. The molecule has 1 fully saturated rings. The van der Waals surface area contributed by atoms with Crippen LogP contribution in [0.4, 0.5) is 0 Å². The molecule has 0 aromatic heterocycles. The molecule has 0 aliphatic heterocycles. The van der Waals surface area contributed by atoms with Crippen LogP contribution in [0.2, 0.25) is 0 Å². The molecule has 0 spiro atoms. The summed E-state index contributed by atoms with van der Waals surface area (Å²) in [6.45, 7) is 2.12. The van der Waals surface area contributed by atoms with Gasteiger partial charge in [-0.3, -0.25) is 4.79 Å². The van der Waals surface area contributed by atoms with E-state index in [0.29, 0.717) is 5.92 Å². The fourth-order valence-corrected chi connectivity index (χ4v) is 1.34. The highest BCUT2D eigenvalue weighted by Gasteiger charge is 2.26. The van der Waals surface area contributed by atoms with E-state index >= 15 is 0 Å². The van der Waals surface area contributed by atoms with E-state index in [-0.39, 0.29) is 11.8 Å². The zero-order valence-corrected chi connectivity index (χ0v) is 7.88. The van der Waals surface area contributed by atoms with Gasteiger partial charge in [-0.25, -0.2) is 0 Å². The average molecular weight is 169 g/mol. The summed E-state index contributed by atoms with van der Waals surface area (Å²) in [5, 5.41) is 0. The Morgan fingerprint density at radius 2 is 2.25 bits per heavy atom. The van der Waals surface area contributed by atoms with Gasteiger partial charge in [-0.15, -0.1) is 0 Å². The van der Waals surface area contributed by atoms with Crippen molar-refractivity contribution < 1.29 is 4.79 Å². The standard InChI is InChI=1S/C10H19NO/c1-2-3-4-9(11)10(12)7-8-5-6-8/h8-9H,2-7,11H2,1H3. The van der Waals surface area contributed by atoms with Crippen molar-refractivity contribution in [1.29, 1.82) is 0 Å². The molecule has 0 heterocycles. The van der Waals surface area contributed by atoms with Crippen molar-refractivity contribution in [3.8, 4) is 0 Å². The molecule has 0 saturated heterocycles. The molecule has 1 aliphatic rings. The van der Waals surface area contributed by atoms with E-state index in [0.717, 1.165) is 25.7 Å². The fourth-order valence-electron chi connectivity index (χ4n) is 1.34. The molecule has 0 aromatic carbocycles. The van der Waals surface area contributed by atoms with Crippen LogP contribution < -0.4 is 5.73 Å². The quantitative estimate of drug-likeness (QED) is 0.659. The average Bonchev–Trinajstić information content (AvgIpc) is 2.83. The summed E-state index contributed by atoms with van der Waals surface area (Å²) in [5.41, 5.74) is 5.73. The first-order valence-electron chi connectivity index (χ1n) is 5.02. The number of carbonyl (C=O) groups is 1. The minimum Gasteiger partial charge on any atom is -0.322 e. The number of Topliss-reactive ketones (excluding diaryl/α,β-unsaturated/α-hetero) is 1. The van der Waals surface area contributed by atoms with Crippen molar-refractivity contribution in [3.63, 3.8) is 0 Å². The zero-order valence-electron chi connectivity index (χ0n) is 7.88. The molecular weight excluding hydrogens is 150 g/mol. The molecular formula is C10H19NO. The first-order valence-corrected chi connectivity index (χ1v) is 5.02. The Balaban J connectivity index is 2.11. The molecule has 2 heteroatoms. The lowest BCUT2D eigenvalue weighted by Gasteiger charge is -2.08. The Morgan fingerprint density at radius 3 is 2.75 bits per heavy atom. The van der Waals surface area contributed by atoms with Gasteiger partial charge in [0.15, 0.2) is 0 Å². The van der Waals surface area contributed by atoms with Crippen LogP contribution in [0.25, 0.3) is 0 Å². The highest BCUT2D eigenvalue weighted by atomic mass is 16.1. The Bertz CT molecular complexity index is 152. The summed E-state index contributed by atoms with van der Waals surface area (Å²) < 4.78 is 0. The molecule has 1 atom stereocenters. The van der Waals surface area contributed by atoms with Crippen LogP contribution in [0, 0.1) is 5.92 Å². The molecule has 1 saturated carbocycles. The maximum atomic E-state index is 11.4. The van der Waals surface area contributed by atoms with E-state index in [1.807, 2.05) is 0 Å². The second-order valence-electron chi connectivity index (χ2n) is 3.86. The van der Waals surface area contributed by atoms with Crippen LogP contribution in [-0.2, 0) is 4.79 Å². The van der Waals surface area contributed by atoms with Crippen LogP contribution >= 0.6 is 0 Å². The summed E-state index contributed by atoms with van der Waals surface area (Å²) in [5.74, 6) is 0.969. The van der Waals surface area contributed by atoms with Gasteiger partial charge in [-0.05, 0) is 25.2 Å². The topological polar surface area (TPSA) is 43.1 Å². The van der Waals surface area contributed by atoms with Gasteiger partial charge in [0.25, 0.3) is 0 Å². The summed E-state index contributed by atoms with van der Waals surface area (Å²) >= 11 is 0. The van der Waals surface area contributed by atoms with E-state index < -0.39 is 0 Å². The van der Waals surface area contributed by atoms with Crippen LogP contribution in [-0.4, -0.2) is 11.8 Å². The highest BCUT2D eigenvalue weighted by Crippen LogP contribution is 2.32. The van der Waals surface area contributed by atoms with Gasteiger partial charge in [0, 0.05) is 6.42 Å². The molecule has 0 amide bonds. The number of unbranched alkanes of at least 4 members (excludes halogenated alkanes) is 1. The first-order chi connectivity index (χ1) is 5.74. The number of carbonyl (C=O) groups excluding carboxylic acids is 1. The number of rotatable bonds is 6. The smallest absolute Gasteiger partial charge is 0.149 e. The summed E-state index contributed by atoms with van der Waals surface area (Å²) in [7, 11) is 0. The van der Waals surface area contributed by atoms with Crippen molar-refractivity contribution in [2.24, 2.45) is 11.7 Å². The van der Waals surface area contributed by atoms with Gasteiger partial charge in [-0.2, -0.15) is 0 Å². The fraction of sp³-hybridized carbons (Fsp3) is 0.900.